The number of carbonyl (C=O) groups excluding carboxylic acids is 1. The van der Waals surface area contributed by atoms with Gasteiger partial charge in [-0.2, -0.15) is 0 Å². The lowest BCUT2D eigenvalue weighted by Crippen LogP contribution is -2.44. The van der Waals surface area contributed by atoms with Crippen LogP contribution in [0.25, 0.3) is 0 Å². The molecule has 0 heterocycles. The van der Waals surface area contributed by atoms with Crippen molar-refractivity contribution in [1.82, 2.24) is 15.5 Å². The van der Waals surface area contributed by atoms with Crippen molar-refractivity contribution in [3.63, 3.8) is 0 Å². The van der Waals surface area contributed by atoms with Crippen LogP contribution >= 0.6 is 0 Å². The molecule has 2 amide bonds. The normalized spacial score (nSPS) is 14.4. The number of hydrogen-bond acceptors (Lipinski definition) is 3. The van der Waals surface area contributed by atoms with E-state index in [1.165, 1.54) is 4.90 Å². The Morgan fingerprint density at radius 3 is 2.59 bits per heavy atom. The van der Waals surface area contributed by atoms with Crippen molar-refractivity contribution in [2.24, 2.45) is 0 Å². The summed E-state index contributed by atoms with van der Waals surface area (Å²) in [5.41, 5.74) is 0. The number of aliphatic carboxylic acids is 1. The van der Waals surface area contributed by atoms with Crippen LogP contribution in [0, 0.1) is 0 Å². The SMILES string of the molecule is CCNCCCNC(=O)N(CC(=O)O)C1CC1. The maximum absolute atomic E-state index is 11.7. The average molecular weight is 243 g/mol. The number of nitrogens with zero attached hydrogens (tertiary/aromatic N) is 1. The fourth-order valence-electron chi connectivity index (χ4n) is 1.59. The first-order chi connectivity index (χ1) is 8.15. The molecule has 1 fully saturated rings. The van der Waals surface area contributed by atoms with E-state index in [9.17, 15) is 9.59 Å². The van der Waals surface area contributed by atoms with Crippen molar-refractivity contribution in [3.8, 4) is 0 Å². The average Bonchev–Trinajstić information content (AvgIpc) is 3.09. The van der Waals surface area contributed by atoms with Gasteiger partial charge in [-0.1, -0.05) is 6.92 Å². The van der Waals surface area contributed by atoms with E-state index in [1.54, 1.807) is 0 Å². The van der Waals surface area contributed by atoms with E-state index < -0.39 is 5.97 Å². The van der Waals surface area contributed by atoms with Gasteiger partial charge in [0.05, 0.1) is 0 Å². The molecular weight excluding hydrogens is 222 g/mol. The van der Waals surface area contributed by atoms with Gasteiger partial charge in [0.1, 0.15) is 6.54 Å². The lowest BCUT2D eigenvalue weighted by Gasteiger charge is -2.20. The third kappa shape index (κ3) is 5.53. The van der Waals surface area contributed by atoms with E-state index in [-0.39, 0.29) is 18.6 Å². The molecule has 6 heteroatoms. The number of carboxylic acid groups (broad SMARTS) is 1. The summed E-state index contributed by atoms with van der Waals surface area (Å²) in [6.07, 6.45) is 2.68. The monoisotopic (exact) mass is 243 g/mol. The molecular formula is C11H21N3O3. The first kappa shape index (κ1) is 13.8. The Balaban J connectivity index is 2.20. The Kier molecular flexibility index (Phi) is 5.76. The van der Waals surface area contributed by atoms with Crippen LogP contribution in [0.1, 0.15) is 26.2 Å². The minimum Gasteiger partial charge on any atom is -0.480 e. The summed E-state index contributed by atoms with van der Waals surface area (Å²) < 4.78 is 0. The summed E-state index contributed by atoms with van der Waals surface area (Å²) in [4.78, 5) is 23.8. The molecule has 1 aliphatic carbocycles. The van der Waals surface area contributed by atoms with Gasteiger partial charge in [0, 0.05) is 12.6 Å². The van der Waals surface area contributed by atoms with Gasteiger partial charge in [-0.15, -0.1) is 0 Å². The third-order valence-corrected chi connectivity index (χ3v) is 2.61. The van der Waals surface area contributed by atoms with Crippen molar-refractivity contribution in [2.45, 2.75) is 32.2 Å². The summed E-state index contributed by atoms with van der Waals surface area (Å²) in [6, 6.07) is -0.133. The Bertz CT molecular complexity index is 267. The number of carboxylic acids is 1. The number of hydrogen-bond donors (Lipinski definition) is 3. The van der Waals surface area contributed by atoms with Crippen LogP contribution < -0.4 is 10.6 Å². The van der Waals surface area contributed by atoms with Gasteiger partial charge < -0.3 is 20.6 Å². The van der Waals surface area contributed by atoms with Crippen molar-refractivity contribution in [3.05, 3.63) is 0 Å². The van der Waals surface area contributed by atoms with E-state index in [2.05, 4.69) is 10.6 Å². The summed E-state index contributed by atoms with van der Waals surface area (Å²) in [5, 5.41) is 14.6. The molecule has 0 bridgehead atoms. The van der Waals surface area contributed by atoms with Gasteiger partial charge in [-0.05, 0) is 32.4 Å². The zero-order valence-electron chi connectivity index (χ0n) is 10.2. The molecule has 3 N–H and O–H groups in total. The number of urea groups is 1. The molecule has 0 aromatic heterocycles. The molecule has 98 valence electrons. The van der Waals surface area contributed by atoms with Crippen LogP contribution in [-0.4, -0.2) is 54.2 Å². The van der Waals surface area contributed by atoms with Crippen LogP contribution in [-0.2, 0) is 4.79 Å². The molecule has 0 radical (unpaired) electrons. The van der Waals surface area contributed by atoms with Gasteiger partial charge in [0.25, 0.3) is 0 Å². The Hall–Kier alpha value is -1.30. The topological polar surface area (TPSA) is 81.7 Å². The zero-order chi connectivity index (χ0) is 12.7. The molecule has 0 aliphatic heterocycles. The van der Waals surface area contributed by atoms with Gasteiger partial charge >= 0.3 is 12.0 Å². The first-order valence-electron chi connectivity index (χ1n) is 6.12. The van der Waals surface area contributed by atoms with Gasteiger partial charge in [-0.25, -0.2) is 4.79 Å². The second-order valence-corrected chi connectivity index (χ2v) is 4.19. The van der Waals surface area contributed by atoms with E-state index in [1.807, 2.05) is 6.92 Å². The van der Waals surface area contributed by atoms with Crippen LogP contribution in [0.15, 0.2) is 0 Å². The van der Waals surface area contributed by atoms with Crippen LogP contribution in [0.3, 0.4) is 0 Å². The predicted molar refractivity (Wildman–Crippen MR) is 63.9 cm³/mol. The maximum Gasteiger partial charge on any atom is 0.323 e. The van der Waals surface area contributed by atoms with Gasteiger partial charge in [0.15, 0.2) is 0 Å². The van der Waals surface area contributed by atoms with Crippen LogP contribution in [0.5, 0.6) is 0 Å². The molecule has 0 saturated heterocycles. The molecule has 0 spiro atoms. The second-order valence-electron chi connectivity index (χ2n) is 4.19. The Labute approximate surface area is 101 Å². The highest BCUT2D eigenvalue weighted by Crippen LogP contribution is 2.26. The summed E-state index contributed by atoms with van der Waals surface area (Å²) in [6.45, 7) is 4.18. The van der Waals surface area contributed by atoms with Gasteiger partial charge in [-0.3, -0.25) is 4.79 Å². The number of rotatable bonds is 8. The molecule has 1 saturated carbocycles. The smallest absolute Gasteiger partial charge is 0.323 e. The summed E-state index contributed by atoms with van der Waals surface area (Å²) >= 11 is 0. The summed E-state index contributed by atoms with van der Waals surface area (Å²) in [5.74, 6) is -0.959. The van der Waals surface area contributed by atoms with E-state index >= 15 is 0 Å². The molecule has 0 aromatic carbocycles. The van der Waals surface area contributed by atoms with Gasteiger partial charge in [0.2, 0.25) is 0 Å². The molecule has 0 unspecified atom stereocenters. The highest BCUT2D eigenvalue weighted by atomic mass is 16.4. The minimum atomic E-state index is -0.959. The number of amides is 2. The van der Waals surface area contributed by atoms with Crippen LogP contribution in [0.4, 0.5) is 4.79 Å². The quantitative estimate of drug-likeness (QED) is 0.534. The molecule has 0 atom stereocenters. The standard InChI is InChI=1S/C11H21N3O3/c1-2-12-6-3-7-13-11(17)14(8-10(15)16)9-4-5-9/h9,12H,2-8H2,1H3,(H,13,17)(H,15,16). The first-order valence-corrected chi connectivity index (χ1v) is 6.12. The highest BCUT2D eigenvalue weighted by molar-refractivity contribution is 5.80. The lowest BCUT2D eigenvalue weighted by atomic mass is 10.4. The molecule has 0 aromatic rings. The van der Waals surface area contributed by atoms with E-state index in [0.717, 1.165) is 32.4 Å². The zero-order valence-corrected chi connectivity index (χ0v) is 10.2. The van der Waals surface area contributed by atoms with Crippen molar-refractivity contribution >= 4 is 12.0 Å². The molecule has 1 aliphatic rings. The maximum atomic E-state index is 11.7. The Morgan fingerprint density at radius 1 is 1.35 bits per heavy atom. The minimum absolute atomic E-state index is 0.125. The van der Waals surface area contributed by atoms with Crippen molar-refractivity contribution in [2.75, 3.05) is 26.2 Å². The lowest BCUT2D eigenvalue weighted by molar-refractivity contribution is -0.137. The largest absolute Gasteiger partial charge is 0.480 e. The fraction of sp³-hybridized carbons (Fsp3) is 0.818. The van der Waals surface area contributed by atoms with Crippen molar-refractivity contribution in [1.29, 1.82) is 0 Å². The predicted octanol–water partition coefficient (Wildman–Crippen LogP) is 0.245. The van der Waals surface area contributed by atoms with E-state index in [0.29, 0.717) is 6.54 Å². The summed E-state index contributed by atoms with van der Waals surface area (Å²) in [7, 11) is 0. The highest BCUT2D eigenvalue weighted by Gasteiger charge is 2.33. The third-order valence-electron chi connectivity index (χ3n) is 2.61. The number of carbonyl (C=O) groups is 2. The molecule has 17 heavy (non-hydrogen) atoms. The van der Waals surface area contributed by atoms with E-state index in [4.69, 9.17) is 5.11 Å². The molecule has 1 rings (SSSR count). The molecule has 6 nitrogen and oxygen atoms in total. The fourth-order valence-corrected chi connectivity index (χ4v) is 1.59. The van der Waals surface area contributed by atoms with Crippen molar-refractivity contribution < 1.29 is 14.7 Å². The second kappa shape index (κ2) is 7.11. The van der Waals surface area contributed by atoms with Crippen LogP contribution in [0.2, 0.25) is 0 Å². The Morgan fingerprint density at radius 2 is 2.06 bits per heavy atom. The number of nitrogens with one attached hydrogen (secondary N) is 2.